The number of nitrogens with zero attached hydrogens (tertiary/aromatic N) is 3. The molecule has 2 saturated heterocycles. The lowest BCUT2D eigenvalue weighted by Gasteiger charge is -2.38. The van der Waals surface area contributed by atoms with Crippen LogP contribution in [0.15, 0.2) is 0 Å². The number of amides is 3. The fourth-order valence-electron chi connectivity index (χ4n) is 5.36. The average Bonchev–Trinajstić information content (AvgIpc) is 3.22. The van der Waals surface area contributed by atoms with E-state index in [2.05, 4.69) is 27.4 Å². The number of anilines is 1. The summed E-state index contributed by atoms with van der Waals surface area (Å²) in [5.74, 6) is 2.11. The van der Waals surface area contributed by atoms with E-state index in [0.29, 0.717) is 5.82 Å². The van der Waals surface area contributed by atoms with Gasteiger partial charge in [0.2, 0.25) is 0 Å². The van der Waals surface area contributed by atoms with E-state index in [0.717, 1.165) is 73.7 Å². The molecule has 2 fully saturated rings. The van der Waals surface area contributed by atoms with Crippen molar-refractivity contribution < 1.29 is 9.59 Å². The summed E-state index contributed by atoms with van der Waals surface area (Å²) in [4.78, 5) is 38.1. The van der Waals surface area contributed by atoms with Crippen molar-refractivity contribution in [2.24, 2.45) is 11.8 Å². The van der Waals surface area contributed by atoms with Gasteiger partial charge in [0, 0.05) is 17.8 Å². The number of piperidine rings is 1. The minimum absolute atomic E-state index is 0.151. The second-order valence-electron chi connectivity index (χ2n) is 9.53. The molecule has 2 aromatic heterocycles. The van der Waals surface area contributed by atoms with Crippen molar-refractivity contribution in [2.45, 2.75) is 57.9 Å². The maximum atomic E-state index is 12.2. The van der Waals surface area contributed by atoms with Gasteiger partial charge in [0.25, 0.3) is 5.91 Å². The third kappa shape index (κ3) is 3.67. The summed E-state index contributed by atoms with van der Waals surface area (Å²) in [6.07, 6.45) is 5.93. The SMILES string of the molecule is C[C@H]1CCc2c(sc3nc(CCN4CCC([C@@]5(C)NC(=O)NC5=O)CC4)nc(N)c23)C1. The summed E-state index contributed by atoms with van der Waals surface area (Å²) in [7, 11) is 0. The highest BCUT2D eigenvalue weighted by atomic mass is 32.1. The second-order valence-corrected chi connectivity index (χ2v) is 10.6. The Morgan fingerprint density at radius 2 is 2.00 bits per heavy atom. The number of thiophene rings is 1. The molecule has 4 heterocycles. The molecule has 0 bridgehead atoms. The van der Waals surface area contributed by atoms with Gasteiger partial charge in [-0.2, -0.15) is 0 Å². The molecule has 3 amide bonds. The first-order valence-electron chi connectivity index (χ1n) is 11.3. The average molecular weight is 443 g/mol. The molecule has 166 valence electrons. The van der Waals surface area contributed by atoms with Gasteiger partial charge in [-0.25, -0.2) is 14.8 Å². The minimum atomic E-state index is -0.790. The van der Waals surface area contributed by atoms with Crippen molar-refractivity contribution in [3.8, 4) is 0 Å². The van der Waals surface area contributed by atoms with Gasteiger partial charge in [0.05, 0.1) is 5.39 Å². The van der Waals surface area contributed by atoms with Crippen LogP contribution in [0.2, 0.25) is 0 Å². The number of carbonyl (C=O) groups excluding carboxylic acids is 2. The molecule has 2 aliphatic heterocycles. The van der Waals surface area contributed by atoms with E-state index in [4.69, 9.17) is 10.7 Å². The molecule has 2 aromatic rings. The summed E-state index contributed by atoms with van der Waals surface area (Å²) < 4.78 is 0. The third-order valence-electron chi connectivity index (χ3n) is 7.36. The third-order valence-corrected chi connectivity index (χ3v) is 8.51. The Morgan fingerprint density at radius 1 is 1.23 bits per heavy atom. The molecule has 31 heavy (non-hydrogen) atoms. The quantitative estimate of drug-likeness (QED) is 0.626. The van der Waals surface area contributed by atoms with Crippen LogP contribution in [-0.2, 0) is 24.1 Å². The first kappa shape index (κ1) is 20.6. The summed E-state index contributed by atoms with van der Waals surface area (Å²) in [5.41, 5.74) is 6.95. The summed E-state index contributed by atoms with van der Waals surface area (Å²) in [6.45, 7) is 6.80. The monoisotopic (exact) mass is 442 g/mol. The number of imide groups is 1. The molecule has 0 saturated carbocycles. The number of urea groups is 1. The van der Waals surface area contributed by atoms with E-state index in [1.807, 2.05) is 6.92 Å². The number of carbonyl (C=O) groups is 2. The van der Waals surface area contributed by atoms with E-state index in [-0.39, 0.29) is 17.9 Å². The largest absolute Gasteiger partial charge is 0.383 e. The predicted octanol–water partition coefficient (Wildman–Crippen LogP) is 2.25. The highest BCUT2D eigenvalue weighted by Crippen LogP contribution is 2.39. The van der Waals surface area contributed by atoms with Gasteiger partial charge >= 0.3 is 6.03 Å². The van der Waals surface area contributed by atoms with E-state index < -0.39 is 5.54 Å². The number of fused-ring (bicyclic) bond motifs is 3. The lowest BCUT2D eigenvalue weighted by molar-refractivity contribution is -0.125. The number of hydrogen-bond acceptors (Lipinski definition) is 7. The van der Waals surface area contributed by atoms with Gasteiger partial charge in [-0.15, -0.1) is 11.3 Å². The first-order valence-corrected chi connectivity index (χ1v) is 12.1. The molecule has 3 aliphatic rings. The van der Waals surface area contributed by atoms with E-state index >= 15 is 0 Å². The number of nitrogens with one attached hydrogen (secondary N) is 2. The zero-order chi connectivity index (χ0) is 21.8. The van der Waals surface area contributed by atoms with Crippen molar-refractivity contribution in [3.63, 3.8) is 0 Å². The van der Waals surface area contributed by atoms with Crippen molar-refractivity contribution >= 4 is 39.3 Å². The molecule has 8 nitrogen and oxygen atoms in total. The maximum Gasteiger partial charge on any atom is 0.322 e. The fraction of sp³-hybridized carbons (Fsp3) is 0.636. The van der Waals surface area contributed by atoms with Crippen LogP contribution in [0.4, 0.5) is 10.6 Å². The number of nitrogen functional groups attached to an aromatic ring is 1. The van der Waals surface area contributed by atoms with Crippen LogP contribution in [0.25, 0.3) is 10.2 Å². The normalized spacial score (nSPS) is 27.4. The Bertz CT molecular complexity index is 1040. The highest BCUT2D eigenvalue weighted by Gasteiger charge is 2.48. The fourth-order valence-corrected chi connectivity index (χ4v) is 6.77. The minimum Gasteiger partial charge on any atom is -0.383 e. The molecule has 4 N–H and O–H groups in total. The zero-order valence-electron chi connectivity index (χ0n) is 18.2. The summed E-state index contributed by atoms with van der Waals surface area (Å²) in [6, 6.07) is -0.384. The molecule has 0 unspecified atom stereocenters. The molecule has 2 atom stereocenters. The molecule has 1 aliphatic carbocycles. The van der Waals surface area contributed by atoms with Gasteiger partial charge < -0.3 is 16.0 Å². The van der Waals surface area contributed by atoms with Crippen molar-refractivity contribution in [1.82, 2.24) is 25.5 Å². The summed E-state index contributed by atoms with van der Waals surface area (Å²) in [5, 5.41) is 6.28. The maximum absolute atomic E-state index is 12.2. The van der Waals surface area contributed by atoms with Gasteiger partial charge in [0.15, 0.2) is 0 Å². The Balaban J connectivity index is 1.22. The van der Waals surface area contributed by atoms with Crippen molar-refractivity contribution in [2.75, 3.05) is 25.4 Å². The van der Waals surface area contributed by atoms with E-state index in [1.54, 1.807) is 11.3 Å². The van der Waals surface area contributed by atoms with E-state index in [1.165, 1.54) is 16.9 Å². The Hall–Kier alpha value is -2.26. The number of aromatic nitrogens is 2. The Labute approximate surface area is 186 Å². The second kappa shape index (κ2) is 7.70. The van der Waals surface area contributed by atoms with Crippen LogP contribution in [-0.4, -0.2) is 52.0 Å². The Kier molecular flexibility index (Phi) is 5.13. The molecule has 0 spiro atoms. The lowest BCUT2D eigenvalue weighted by atomic mass is 9.79. The molecule has 5 rings (SSSR count). The topological polar surface area (TPSA) is 113 Å². The van der Waals surface area contributed by atoms with Gasteiger partial charge in [-0.05, 0) is 69.5 Å². The van der Waals surface area contributed by atoms with E-state index in [9.17, 15) is 9.59 Å². The van der Waals surface area contributed by atoms with Crippen LogP contribution < -0.4 is 16.4 Å². The first-order chi connectivity index (χ1) is 14.8. The number of nitrogens with two attached hydrogens (primary N) is 1. The number of likely N-dealkylation sites (tertiary alicyclic amines) is 1. The molecular weight excluding hydrogens is 412 g/mol. The molecular formula is C22H30N6O2S. The zero-order valence-corrected chi connectivity index (χ0v) is 19.0. The molecule has 0 radical (unpaired) electrons. The standard InChI is InChI=1S/C22H30N6O2S/c1-12-3-4-14-15(11-12)31-19-17(14)18(23)24-16(25-19)7-10-28-8-5-13(6-9-28)22(2)20(29)26-21(30)27-22/h12-13H,3-11H2,1-2H3,(H2,23,24,25)(H2,26,27,29,30)/t12-,22+/m0/s1. The summed E-state index contributed by atoms with van der Waals surface area (Å²) >= 11 is 1.79. The smallest absolute Gasteiger partial charge is 0.322 e. The number of hydrogen-bond donors (Lipinski definition) is 3. The van der Waals surface area contributed by atoms with Crippen molar-refractivity contribution in [1.29, 1.82) is 0 Å². The molecule has 9 heteroatoms. The van der Waals surface area contributed by atoms with Crippen LogP contribution in [0.3, 0.4) is 0 Å². The Morgan fingerprint density at radius 3 is 2.71 bits per heavy atom. The van der Waals surface area contributed by atoms with Crippen LogP contribution in [0.1, 0.15) is 49.4 Å². The molecule has 0 aromatic carbocycles. The highest BCUT2D eigenvalue weighted by molar-refractivity contribution is 7.19. The lowest BCUT2D eigenvalue weighted by Crippen LogP contribution is -2.53. The van der Waals surface area contributed by atoms with Gasteiger partial charge in [-0.3, -0.25) is 10.1 Å². The van der Waals surface area contributed by atoms with Crippen LogP contribution >= 0.6 is 11.3 Å². The number of aryl methyl sites for hydroxylation is 1. The van der Waals surface area contributed by atoms with Crippen LogP contribution in [0.5, 0.6) is 0 Å². The van der Waals surface area contributed by atoms with Gasteiger partial charge in [0.1, 0.15) is 22.0 Å². The van der Waals surface area contributed by atoms with Gasteiger partial charge in [-0.1, -0.05) is 6.92 Å². The van der Waals surface area contributed by atoms with Crippen LogP contribution in [0, 0.1) is 11.8 Å². The number of rotatable bonds is 4. The van der Waals surface area contributed by atoms with Crippen molar-refractivity contribution in [3.05, 3.63) is 16.3 Å². The predicted molar refractivity (Wildman–Crippen MR) is 121 cm³/mol.